The molecule has 3 unspecified atom stereocenters. The highest BCUT2D eigenvalue weighted by atomic mass is 31.2. The molecule has 0 spiro atoms. The second kappa shape index (κ2) is 66.6. The summed E-state index contributed by atoms with van der Waals surface area (Å²) in [7, 11) is 1.17. The zero-order valence-corrected chi connectivity index (χ0v) is 59.0. The van der Waals surface area contributed by atoms with Crippen LogP contribution in [0.2, 0.25) is 0 Å². The normalized spacial score (nSPS) is 14.1. The van der Waals surface area contributed by atoms with Crippen LogP contribution in [0, 0.1) is 0 Å². The molecule has 0 rings (SSSR count). The van der Waals surface area contributed by atoms with Gasteiger partial charge in [-0.15, -0.1) is 0 Å². The predicted molar refractivity (Wildman–Crippen MR) is 381 cm³/mol. The zero-order chi connectivity index (χ0) is 64.2. The summed E-state index contributed by atoms with van der Waals surface area (Å²) < 4.78 is 30.5. The van der Waals surface area contributed by atoms with Crippen molar-refractivity contribution in [1.82, 2.24) is 5.32 Å². The first kappa shape index (κ1) is 84.7. The molecule has 88 heavy (non-hydrogen) atoms. The van der Waals surface area contributed by atoms with Gasteiger partial charge in [0.05, 0.1) is 33.8 Å². The van der Waals surface area contributed by atoms with E-state index in [0.717, 1.165) is 116 Å². The second-order valence-electron chi connectivity index (χ2n) is 25.7. The van der Waals surface area contributed by atoms with Crippen molar-refractivity contribution in [2.24, 2.45) is 0 Å². The number of hydrogen-bond donors (Lipinski definition) is 1. The number of quaternary nitrogens is 1. The number of nitrogens with one attached hydrogen (secondary N) is 1. The molecule has 0 aliphatic carbocycles. The number of esters is 1. The number of rotatable bonds is 66. The van der Waals surface area contributed by atoms with Gasteiger partial charge in [-0.3, -0.25) is 14.2 Å². The lowest BCUT2D eigenvalue weighted by Crippen LogP contribution is -2.47. The van der Waals surface area contributed by atoms with Crippen molar-refractivity contribution in [2.75, 3.05) is 40.9 Å². The monoisotopic (exact) mass is 1250 g/mol. The summed E-state index contributed by atoms with van der Waals surface area (Å²) in [6.07, 6.45) is 92.1. The molecule has 10 heteroatoms. The van der Waals surface area contributed by atoms with E-state index < -0.39 is 26.6 Å². The van der Waals surface area contributed by atoms with Crippen LogP contribution in [0.4, 0.5) is 0 Å². The minimum Gasteiger partial charge on any atom is -0.756 e. The van der Waals surface area contributed by atoms with Crippen LogP contribution in [0.25, 0.3) is 0 Å². The average Bonchev–Trinajstić information content (AvgIpc) is 3.61. The van der Waals surface area contributed by atoms with E-state index in [2.05, 4.69) is 123 Å². The Morgan fingerprint density at radius 1 is 0.398 bits per heavy atom. The third-order valence-electron chi connectivity index (χ3n) is 15.9. The molecule has 1 amide bonds. The maximum Gasteiger partial charge on any atom is 0.306 e. The smallest absolute Gasteiger partial charge is 0.306 e. The highest BCUT2D eigenvalue weighted by molar-refractivity contribution is 7.45. The van der Waals surface area contributed by atoms with Gasteiger partial charge < -0.3 is 28.5 Å². The van der Waals surface area contributed by atoms with E-state index in [1.165, 1.54) is 173 Å². The van der Waals surface area contributed by atoms with Crippen molar-refractivity contribution in [3.63, 3.8) is 0 Å². The van der Waals surface area contributed by atoms with Gasteiger partial charge in [-0.2, -0.15) is 0 Å². The zero-order valence-electron chi connectivity index (χ0n) is 58.2. The van der Waals surface area contributed by atoms with Crippen LogP contribution in [0.1, 0.15) is 323 Å². The third-order valence-corrected chi connectivity index (χ3v) is 16.9. The van der Waals surface area contributed by atoms with Crippen LogP contribution in [0.3, 0.4) is 0 Å². The SMILES string of the molecule is CCCCC/C=C\C/C=C\C/C=C\C/C=C\CCCCCCCCCCCCCC(=O)OC(/C=C/CCCCCCCCCCCC)C(COP(=O)([O-])OCC[N+](C)(C)C)NC(=O)CCCCCCCCC/C=C\C/C=C\C/C=C\C/C=C\CCCCC. The molecule has 0 aliphatic heterocycles. The maximum absolute atomic E-state index is 13.6. The summed E-state index contributed by atoms with van der Waals surface area (Å²) in [4.78, 5) is 40.2. The standard InChI is InChI=1S/C78H139N2O7P/c1-7-10-13-16-19-22-25-28-30-32-34-36-38-39-40-41-43-45-47-49-51-53-56-59-62-65-68-71-78(82)87-76(69-66-63-60-57-54-27-24-21-18-15-12-9-3)75(74-86-88(83,84)85-73-72-80(4,5)6)79-77(81)70-67-64-61-58-55-52-50-48-46-44-42-37-35-33-31-29-26-23-20-17-14-11-8-2/h19-20,22-23,28-31,34-37,39-40,44,46,66,69,75-76H,7-18,21,24-27,32-33,38,41-43,45,47-65,67-68,70-74H2,1-6H3,(H-,79,81,83,84)/b22-19-,23-20-,30-28-,31-29-,36-34-,37-35-,40-39-,46-44-,69-66+. The van der Waals surface area contributed by atoms with Gasteiger partial charge in [0.2, 0.25) is 5.91 Å². The van der Waals surface area contributed by atoms with Crippen molar-refractivity contribution < 1.29 is 37.3 Å². The fourth-order valence-corrected chi connectivity index (χ4v) is 11.0. The van der Waals surface area contributed by atoms with Crippen LogP contribution < -0.4 is 10.2 Å². The number of phosphoric ester groups is 1. The molecule has 0 heterocycles. The number of amides is 1. The number of nitrogens with zero attached hydrogens (tertiary/aromatic N) is 1. The maximum atomic E-state index is 13.6. The summed E-state index contributed by atoms with van der Waals surface area (Å²) in [5.41, 5.74) is 0. The van der Waals surface area contributed by atoms with Gasteiger partial charge in [0.15, 0.2) is 0 Å². The third kappa shape index (κ3) is 67.1. The van der Waals surface area contributed by atoms with Crippen molar-refractivity contribution in [2.45, 2.75) is 335 Å². The molecule has 0 aliphatic rings. The van der Waals surface area contributed by atoms with E-state index in [1.54, 1.807) is 0 Å². The highest BCUT2D eigenvalue weighted by Gasteiger charge is 2.27. The number of phosphoric acid groups is 1. The number of likely N-dealkylation sites (N-methyl/N-ethyl adjacent to an activating group) is 1. The molecule has 1 N–H and O–H groups in total. The number of allylic oxidation sites excluding steroid dienone is 17. The highest BCUT2D eigenvalue weighted by Crippen LogP contribution is 2.38. The van der Waals surface area contributed by atoms with Gasteiger partial charge >= 0.3 is 5.97 Å². The second-order valence-corrected chi connectivity index (χ2v) is 27.1. The Kier molecular flexibility index (Phi) is 64.1. The van der Waals surface area contributed by atoms with Crippen LogP contribution >= 0.6 is 7.82 Å². The van der Waals surface area contributed by atoms with Crippen LogP contribution in [0.15, 0.2) is 109 Å². The number of unbranched alkanes of at least 4 members (excludes halogenated alkanes) is 34. The molecule has 0 aromatic heterocycles. The van der Waals surface area contributed by atoms with Gasteiger partial charge in [-0.25, -0.2) is 0 Å². The van der Waals surface area contributed by atoms with E-state index in [1.807, 2.05) is 33.3 Å². The van der Waals surface area contributed by atoms with Crippen LogP contribution in [-0.4, -0.2) is 69.4 Å². The van der Waals surface area contributed by atoms with E-state index in [0.29, 0.717) is 17.4 Å². The minimum absolute atomic E-state index is 0.0296. The van der Waals surface area contributed by atoms with Crippen molar-refractivity contribution in [3.8, 4) is 0 Å². The van der Waals surface area contributed by atoms with Crippen molar-refractivity contribution in [1.29, 1.82) is 0 Å². The fourth-order valence-electron chi connectivity index (χ4n) is 10.3. The van der Waals surface area contributed by atoms with E-state index in [9.17, 15) is 19.0 Å². The van der Waals surface area contributed by atoms with E-state index >= 15 is 0 Å². The summed E-state index contributed by atoms with van der Waals surface area (Å²) >= 11 is 0. The first-order valence-electron chi connectivity index (χ1n) is 36.7. The largest absolute Gasteiger partial charge is 0.756 e. The Morgan fingerprint density at radius 2 is 0.693 bits per heavy atom. The van der Waals surface area contributed by atoms with Crippen molar-refractivity contribution in [3.05, 3.63) is 109 Å². The quantitative estimate of drug-likeness (QED) is 0.0212. The van der Waals surface area contributed by atoms with Gasteiger partial charge in [-0.1, -0.05) is 297 Å². The Balaban J connectivity index is 5.07. The fraction of sp³-hybridized carbons (Fsp3) is 0.744. The summed E-state index contributed by atoms with van der Waals surface area (Å²) in [5, 5.41) is 3.04. The molecule has 0 saturated carbocycles. The van der Waals surface area contributed by atoms with Gasteiger partial charge in [0, 0.05) is 12.8 Å². The summed E-state index contributed by atoms with van der Waals surface area (Å²) in [6.45, 7) is 6.79. The Bertz CT molecular complexity index is 1870. The lowest BCUT2D eigenvalue weighted by Gasteiger charge is -2.30. The molecular weight excluding hydrogens is 1110 g/mol. The lowest BCUT2D eigenvalue weighted by atomic mass is 10.0. The van der Waals surface area contributed by atoms with Crippen LogP contribution in [0.5, 0.6) is 0 Å². The summed E-state index contributed by atoms with van der Waals surface area (Å²) in [6, 6.07) is -0.903. The van der Waals surface area contributed by atoms with E-state index in [-0.39, 0.29) is 24.9 Å². The molecule has 9 nitrogen and oxygen atoms in total. The first-order valence-corrected chi connectivity index (χ1v) is 38.2. The van der Waals surface area contributed by atoms with E-state index in [4.69, 9.17) is 13.8 Å². The first-order chi connectivity index (χ1) is 42.9. The molecule has 0 aromatic carbocycles. The topological polar surface area (TPSA) is 114 Å². The Morgan fingerprint density at radius 3 is 1.06 bits per heavy atom. The van der Waals surface area contributed by atoms with Gasteiger partial charge in [0.1, 0.15) is 19.3 Å². The average molecular weight is 1250 g/mol. The Labute approximate surface area is 544 Å². The molecule has 508 valence electrons. The molecule has 0 aromatic rings. The molecular formula is C78H139N2O7P. The number of carbonyl (C=O) groups excluding carboxylic acids is 2. The predicted octanol–water partition coefficient (Wildman–Crippen LogP) is 23.0. The van der Waals surface area contributed by atoms with Gasteiger partial charge in [0.25, 0.3) is 7.82 Å². The Hall–Kier alpha value is -3.33. The number of carbonyl (C=O) groups is 2. The molecule has 0 fully saturated rings. The van der Waals surface area contributed by atoms with Crippen molar-refractivity contribution >= 4 is 19.7 Å². The molecule has 3 atom stereocenters. The number of ether oxygens (including phenoxy) is 1. The van der Waals surface area contributed by atoms with Crippen LogP contribution in [-0.2, 0) is 27.9 Å². The summed E-state index contributed by atoms with van der Waals surface area (Å²) in [5.74, 6) is -0.555. The number of hydrogen-bond acceptors (Lipinski definition) is 7. The molecule has 0 bridgehead atoms. The van der Waals surface area contributed by atoms with Gasteiger partial charge in [-0.05, 0) is 122 Å². The lowest BCUT2D eigenvalue weighted by molar-refractivity contribution is -0.870. The minimum atomic E-state index is -4.72. The molecule has 0 saturated heterocycles. The molecule has 0 radical (unpaired) electrons.